The van der Waals surface area contributed by atoms with E-state index >= 15 is 0 Å². The smallest absolute Gasteiger partial charge is 0.475 e. The summed E-state index contributed by atoms with van der Waals surface area (Å²) < 4.78 is 44.7. The molecular weight excluding hydrogens is 433 g/mol. The van der Waals surface area contributed by atoms with Gasteiger partial charge < -0.3 is 23.7 Å². The highest BCUT2D eigenvalue weighted by Gasteiger charge is 2.42. The number of carboxylic acids is 1. The second-order valence-electron chi connectivity index (χ2n) is 8.01. The van der Waals surface area contributed by atoms with Crippen LogP contribution in [0, 0.1) is 5.41 Å². The van der Waals surface area contributed by atoms with Gasteiger partial charge in [0.25, 0.3) is 5.91 Å². The molecule has 9 nitrogen and oxygen atoms in total. The molecule has 32 heavy (non-hydrogen) atoms. The fraction of sp³-hybridized carbons (Fsp3) is 0.550. The molecule has 2 aromatic rings. The Hall–Kier alpha value is -2.86. The third-order valence-corrected chi connectivity index (χ3v) is 5.54. The molecule has 4 rings (SSSR count). The first kappa shape index (κ1) is 23.8. The number of aryl methyl sites for hydroxylation is 1. The van der Waals surface area contributed by atoms with Crippen LogP contribution in [0.5, 0.6) is 0 Å². The number of alkyl halides is 3. The van der Waals surface area contributed by atoms with Gasteiger partial charge in [0.1, 0.15) is 12.1 Å². The zero-order chi connectivity index (χ0) is 23.4. The molecule has 1 unspecified atom stereocenters. The third-order valence-electron chi connectivity index (χ3n) is 5.54. The van der Waals surface area contributed by atoms with Crippen LogP contribution in [-0.2, 0) is 23.1 Å². The van der Waals surface area contributed by atoms with Crippen molar-refractivity contribution in [1.82, 2.24) is 19.4 Å². The van der Waals surface area contributed by atoms with Crippen molar-refractivity contribution in [2.24, 2.45) is 12.5 Å². The normalized spacial score (nSPS) is 21.8. The van der Waals surface area contributed by atoms with Crippen LogP contribution >= 0.6 is 0 Å². The van der Waals surface area contributed by atoms with Crippen LogP contribution in [-0.4, -0.2) is 81.9 Å². The van der Waals surface area contributed by atoms with Crippen LogP contribution in [0.2, 0.25) is 0 Å². The van der Waals surface area contributed by atoms with Crippen molar-refractivity contribution in [2.75, 3.05) is 39.4 Å². The van der Waals surface area contributed by atoms with Crippen LogP contribution in [0.4, 0.5) is 13.2 Å². The molecule has 4 heterocycles. The number of ether oxygens (including phenoxy) is 1. The standard InChI is InChI=1S/C18H24N4O3.C2HF3O2/c1-20-6-4-19-16(20)10-21-5-3-18(12-21)13-22(7-9-25-14-18)17(23)15-2-8-24-11-15;3-2(4,5)1(6)7/h2,4,6,8,11H,3,5,7,9-10,12-14H2,1H3;(H,6,7). The van der Waals surface area contributed by atoms with Gasteiger partial charge in [0.05, 0.1) is 31.6 Å². The van der Waals surface area contributed by atoms with Gasteiger partial charge in [0, 0.05) is 44.5 Å². The van der Waals surface area contributed by atoms with Crippen LogP contribution in [0.25, 0.3) is 0 Å². The summed E-state index contributed by atoms with van der Waals surface area (Å²) >= 11 is 0. The molecule has 0 bridgehead atoms. The van der Waals surface area contributed by atoms with Crippen LogP contribution in [0.1, 0.15) is 22.6 Å². The zero-order valence-electron chi connectivity index (χ0n) is 17.5. The Labute approximate surface area is 182 Å². The number of carbonyl (C=O) groups is 2. The number of nitrogens with zero attached hydrogens (tertiary/aromatic N) is 4. The Balaban J connectivity index is 0.000000360. The molecule has 2 fully saturated rings. The van der Waals surface area contributed by atoms with E-state index in [9.17, 15) is 18.0 Å². The number of hydrogen-bond donors (Lipinski definition) is 1. The van der Waals surface area contributed by atoms with Gasteiger partial charge in [-0.15, -0.1) is 0 Å². The van der Waals surface area contributed by atoms with Gasteiger partial charge in [-0.3, -0.25) is 9.69 Å². The summed E-state index contributed by atoms with van der Waals surface area (Å²) in [4.78, 5) is 30.4. The maximum atomic E-state index is 12.7. The van der Waals surface area contributed by atoms with E-state index in [-0.39, 0.29) is 11.3 Å². The van der Waals surface area contributed by atoms with Gasteiger partial charge in [-0.05, 0) is 19.0 Å². The fourth-order valence-corrected chi connectivity index (χ4v) is 3.89. The number of aliphatic carboxylic acids is 1. The topological polar surface area (TPSA) is 101 Å². The van der Waals surface area contributed by atoms with Gasteiger partial charge in [0.15, 0.2) is 0 Å². The second-order valence-corrected chi connectivity index (χ2v) is 8.01. The summed E-state index contributed by atoms with van der Waals surface area (Å²) in [5.41, 5.74) is 0.612. The van der Waals surface area contributed by atoms with Crippen molar-refractivity contribution >= 4 is 11.9 Å². The molecular formula is C20H25F3N4O5. The molecule has 2 aliphatic rings. The van der Waals surface area contributed by atoms with Crippen LogP contribution in [0.3, 0.4) is 0 Å². The highest BCUT2D eigenvalue weighted by molar-refractivity contribution is 5.93. The van der Waals surface area contributed by atoms with E-state index in [1.54, 1.807) is 12.3 Å². The van der Waals surface area contributed by atoms with Gasteiger partial charge >= 0.3 is 12.1 Å². The highest BCUT2D eigenvalue weighted by atomic mass is 19.4. The van der Waals surface area contributed by atoms with Crippen molar-refractivity contribution in [2.45, 2.75) is 19.1 Å². The molecule has 0 radical (unpaired) electrons. The number of carboxylic acid groups (broad SMARTS) is 1. The molecule has 2 saturated heterocycles. The molecule has 176 valence electrons. The number of rotatable bonds is 3. The van der Waals surface area contributed by atoms with Crippen molar-refractivity contribution in [1.29, 1.82) is 0 Å². The molecule has 0 aliphatic carbocycles. The number of furan rings is 1. The minimum atomic E-state index is -5.08. The van der Waals surface area contributed by atoms with Gasteiger partial charge in [-0.1, -0.05) is 0 Å². The lowest BCUT2D eigenvalue weighted by Crippen LogP contribution is -2.43. The average molecular weight is 458 g/mol. The molecule has 0 saturated carbocycles. The van der Waals surface area contributed by atoms with E-state index in [0.717, 1.165) is 38.4 Å². The molecule has 0 aromatic carbocycles. The molecule has 2 aliphatic heterocycles. The minimum absolute atomic E-state index is 0.00105. The predicted molar refractivity (Wildman–Crippen MR) is 105 cm³/mol. The Morgan fingerprint density at radius 1 is 1.28 bits per heavy atom. The number of likely N-dealkylation sites (tertiary alicyclic amines) is 1. The molecule has 1 atom stereocenters. The van der Waals surface area contributed by atoms with E-state index < -0.39 is 12.1 Å². The lowest BCUT2D eigenvalue weighted by molar-refractivity contribution is -0.192. The third kappa shape index (κ3) is 5.88. The monoisotopic (exact) mass is 458 g/mol. The lowest BCUT2D eigenvalue weighted by Gasteiger charge is -2.31. The lowest BCUT2D eigenvalue weighted by atomic mass is 9.87. The number of halogens is 3. The Morgan fingerprint density at radius 3 is 2.62 bits per heavy atom. The van der Waals surface area contributed by atoms with Gasteiger partial charge in [-0.25, -0.2) is 9.78 Å². The number of hydrogen-bond acceptors (Lipinski definition) is 6. The van der Waals surface area contributed by atoms with E-state index in [1.165, 1.54) is 6.26 Å². The number of amides is 1. The molecule has 1 N–H and O–H groups in total. The van der Waals surface area contributed by atoms with Crippen molar-refractivity contribution in [3.05, 3.63) is 42.4 Å². The highest BCUT2D eigenvalue weighted by Crippen LogP contribution is 2.34. The van der Waals surface area contributed by atoms with E-state index in [1.807, 2.05) is 24.3 Å². The zero-order valence-corrected chi connectivity index (χ0v) is 17.5. The predicted octanol–water partition coefficient (Wildman–Crippen LogP) is 2.01. The number of aromatic nitrogens is 2. The Kier molecular flexibility index (Phi) is 7.24. The summed E-state index contributed by atoms with van der Waals surface area (Å²) in [6, 6.07) is 1.72. The summed E-state index contributed by atoms with van der Waals surface area (Å²) in [7, 11) is 2.02. The quantitative estimate of drug-likeness (QED) is 0.751. The van der Waals surface area contributed by atoms with E-state index in [2.05, 4.69) is 14.5 Å². The molecule has 2 aromatic heterocycles. The van der Waals surface area contributed by atoms with E-state index in [4.69, 9.17) is 19.1 Å². The SMILES string of the molecule is Cn1ccnc1CN1CCC2(COCCN(C(=O)c3ccoc3)C2)C1.O=C(O)C(F)(F)F. The summed E-state index contributed by atoms with van der Waals surface area (Å²) in [6.07, 6.45) is 2.82. The van der Waals surface area contributed by atoms with Crippen molar-refractivity contribution in [3.63, 3.8) is 0 Å². The maximum Gasteiger partial charge on any atom is 0.490 e. The maximum absolute atomic E-state index is 12.7. The first-order valence-corrected chi connectivity index (χ1v) is 9.97. The van der Waals surface area contributed by atoms with Crippen molar-refractivity contribution < 1.29 is 37.0 Å². The summed E-state index contributed by atoms with van der Waals surface area (Å²) in [5.74, 6) is -1.66. The first-order chi connectivity index (χ1) is 15.1. The largest absolute Gasteiger partial charge is 0.490 e. The Morgan fingerprint density at radius 2 is 2.03 bits per heavy atom. The van der Waals surface area contributed by atoms with Crippen molar-refractivity contribution in [3.8, 4) is 0 Å². The van der Waals surface area contributed by atoms with Gasteiger partial charge in [-0.2, -0.15) is 13.2 Å². The summed E-state index contributed by atoms with van der Waals surface area (Å²) in [6.45, 7) is 5.42. The average Bonchev–Trinajstić information content (AvgIpc) is 3.44. The molecule has 1 amide bonds. The molecule has 12 heteroatoms. The second kappa shape index (κ2) is 9.74. The number of imidazole rings is 1. The molecule has 1 spiro atoms. The van der Waals surface area contributed by atoms with Crippen LogP contribution < -0.4 is 0 Å². The van der Waals surface area contributed by atoms with E-state index in [0.29, 0.717) is 25.3 Å². The Bertz CT molecular complexity index is 915. The fourth-order valence-electron chi connectivity index (χ4n) is 3.89. The summed E-state index contributed by atoms with van der Waals surface area (Å²) in [5, 5.41) is 7.12. The number of carbonyl (C=O) groups excluding carboxylic acids is 1. The minimum Gasteiger partial charge on any atom is -0.475 e. The van der Waals surface area contributed by atoms with Gasteiger partial charge in [0.2, 0.25) is 0 Å². The van der Waals surface area contributed by atoms with Crippen LogP contribution in [0.15, 0.2) is 35.4 Å². The first-order valence-electron chi connectivity index (χ1n) is 9.97.